The fourth-order valence-corrected chi connectivity index (χ4v) is 1.72. The number of ketones is 1. The first-order chi connectivity index (χ1) is 9.56. The Hall–Kier alpha value is -2.63. The van der Waals surface area contributed by atoms with Gasteiger partial charge in [0.05, 0.1) is 6.54 Å². The second-order valence-corrected chi connectivity index (χ2v) is 4.46. The van der Waals surface area contributed by atoms with Crippen molar-refractivity contribution in [2.24, 2.45) is 0 Å². The van der Waals surface area contributed by atoms with Crippen LogP contribution in [0.3, 0.4) is 0 Å². The van der Waals surface area contributed by atoms with Gasteiger partial charge in [0.15, 0.2) is 5.78 Å². The van der Waals surface area contributed by atoms with E-state index in [9.17, 15) is 9.59 Å². The molecule has 104 valence electrons. The third-order valence-electron chi connectivity index (χ3n) is 2.81. The van der Waals surface area contributed by atoms with Crippen LogP contribution < -0.4 is 5.32 Å². The summed E-state index contributed by atoms with van der Waals surface area (Å²) in [4.78, 5) is 31.8. The van der Waals surface area contributed by atoms with Crippen LogP contribution in [0.25, 0.3) is 0 Å². The fraction of sp³-hybridized carbons (Fsp3) is 0.214. The van der Waals surface area contributed by atoms with Gasteiger partial charge in [-0.05, 0) is 19.1 Å². The maximum absolute atomic E-state index is 12.0. The van der Waals surface area contributed by atoms with E-state index in [-0.39, 0.29) is 11.8 Å². The van der Waals surface area contributed by atoms with Crippen LogP contribution in [0.4, 0.5) is 10.5 Å². The minimum Gasteiger partial charge on any atom is -0.347 e. The zero-order valence-corrected chi connectivity index (χ0v) is 11.4. The van der Waals surface area contributed by atoms with Gasteiger partial charge in [0.25, 0.3) is 0 Å². The lowest BCUT2D eigenvalue weighted by atomic mass is 10.1. The summed E-state index contributed by atoms with van der Waals surface area (Å²) >= 11 is 0. The Morgan fingerprint density at radius 3 is 2.85 bits per heavy atom. The van der Waals surface area contributed by atoms with E-state index < -0.39 is 0 Å². The van der Waals surface area contributed by atoms with Gasteiger partial charge in [-0.15, -0.1) is 0 Å². The van der Waals surface area contributed by atoms with E-state index in [4.69, 9.17) is 0 Å². The SMILES string of the molecule is CC(=O)c1cccc(NC(=O)N(C)Cc2ncc[nH]2)c1. The van der Waals surface area contributed by atoms with Crippen LogP contribution in [0.5, 0.6) is 0 Å². The van der Waals surface area contributed by atoms with Crippen molar-refractivity contribution in [1.29, 1.82) is 0 Å². The average Bonchev–Trinajstić information content (AvgIpc) is 2.91. The molecule has 1 aromatic carbocycles. The zero-order chi connectivity index (χ0) is 14.5. The van der Waals surface area contributed by atoms with Gasteiger partial charge in [0.2, 0.25) is 0 Å². The molecule has 1 aromatic heterocycles. The highest BCUT2D eigenvalue weighted by molar-refractivity contribution is 5.96. The summed E-state index contributed by atoms with van der Waals surface area (Å²) in [6.07, 6.45) is 3.34. The average molecular weight is 272 g/mol. The highest BCUT2D eigenvalue weighted by Crippen LogP contribution is 2.12. The third kappa shape index (κ3) is 3.44. The van der Waals surface area contributed by atoms with Gasteiger partial charge in [-0.2, -0.15) is 0 Å². The summed E-state index contributed by atoms with van der Waals surface area (Å²) in [5.41, 5.74) is 1.16. The summed E-state index contributed by atoms with van der Waals surface area (Å²) in [7, 11) is 1.67. The van der Waals surface area contributed by atoms with Gasteiger partial charge < -0.3 is 15.2 Å². The van der Waals surface area contributed by atoms with Crippen molar-refractivity contribution in [1.82, 2.24) is 14.9 Å². The number of rotatable bonds is 4. The third-order valence-corrected chi connectivity index (χ3v) is 2.81. The molecule has 0 saturated carbocycles. The molecule has 0 saturated heterocycles. The maximum atomic E-state index is 12.0. The summed E-state index contributed by atoms with van der Waals surface area (Å²) in [5, 5.41) is 2.74. The Kier molecular flexibility index (Phi) is 4.14. The van der Waals surface area contributed by atoms with E-state index in [0.717, 1.165) is 0 Å². The van der Waals surface area contributed by atoms with Crippen molar-refractivity contribution in [3.8, 4) is 0 Å². The molecule has 0 bridgehead atoms. The smallest absolute Gasteiger partial charge is 0.321 e. The number of imidazole rings is 1. The van der Waals surface area contributed by atoms with Gasteiger partial charge in [-0.3, -0.25) is 4.79 Å². The van der Waals surface area contributed by atoms with Crippen molar-refractivity contribution < 1.29 is 9.59 Å². The first-order valence-electron chi connectivity index (χ1n) is 6.17. The largest absolute Gasteiger partial charge is 0.347 e. The lowest BCUT2D eigenvalue weighted by Gasteiger charge is -2.16. The highest BCUT2D eigenvalue weighted by atomic mass is 16.2. The van der Waals surface area contributed by atoms with Crippen molar-refractivity contribution in [3.05, 3.63) is 48.0 Å². The van der Waals surface area contributed by atoms with Crippen molar-refractivity contribution in [2.45, 2.75) is 13.5 Å². The number of aromatic amines is 1. The predicted molar refractivity (Wildman–Crippen MR) is 75.5 cm³/mol. The number of hydrogen-bond acceptors (Lipinski definition) is 3. The lowest BCUT2D eigenvalue weighted by molar-refractivity contribution is 0.101. The predicted octanol–water partition coefficient (Wildman–Crippen LogP) is 2.28. The number of Topliss-reactive ketones (excluding diaryl/α,β-unsaturated/α-hetero) is 1. The van der Waals surface area contributed by atoms with Crippen LogP contribution in [-0.4, -0.2) is 33.7 Å². The first-order valence-corrected chi connectivity index (χ1v) is 6.17. The standard InChI is InChI=1S/C14H16N4O2/c1-10(19)11-4-3-5-12(8-11)17-14(20)18(2)9-13-15-6-7-16-13/h3-8H,9H2,1-2H3,(H,15,16)(H,17,20). The Bertz CT molecular complexity index is 607. The highest BCUT2D eigenvalue weighted by Gasteiger charge is 2.11. The number of benzene rings is 1. The Balaban J connectivity index is 2.00. The number of nitrogens with zero attached hydrogens (tertiary/aromatic N) is 2. The van der Waals surface area contributed by atoms with Crippen LogP contribution in [0, 0.1) is 0 Å². The van der Waals surface area contributed by atoms with Crippen LogP contribution >= 0.6 is 0 Å². The number of carbonyl (C=O) groups is 2. The second-order valence-electron chi connectivity index (χ2n) is 4.46. The van der Waals surface area contributed by atoms with Crippen molar-refractivity contribution in [3.63, 3.8) is 0 Å². The van der Waals surface area contributed by atoms with Crippen molar-refractivity contribution in [2.75, 3.05) is 12.4 Å². The normalized spacial score (nSPS) is 10.1. The van der Waals surface area contributed by atoms with Crippen LogP contribution in [-0.2, 0) is 6.54 Å². The molecule has 0 fully saturated rings. The number of hydrogen-bond donors (Lipinski definition) is 2. The number of nitrogens with one attached hydrogen (secondary N) is 2. The number of aromatic nitrogens is 2. The number of urea groups is 1. The van der Waals surface area contributed by atoms with Crippen molar-refractivity contribution >= 4 is 17.5 Å². The van der Waals surface area contributed by atoms with Gasteiger partial charge >= 0.3 is 6.03 Å². The molecule has 0 aliphatic rings. The minimum atomic E-state index is -0.262. The minimum absolute atomic E-state index is 0.0370. The molecule has 20 heavy (non-hydrogen) atoms. The van der Waals surface area contributed by atoms with Gasteiger partial charge in [0.1, 0.15) is 5.82 Å². The molecule has 2 rings (SSSR count). The topological polar surface area (TPSA) is 78.1 Å². The molecule has 2 amide bonds. The fourth-order valence-electron chi connectivity index (χ4n) is 1.72. The monoisotopic (exact) mass is 272 g/mol. The quantitative estimate of drug-likeness (QED) is 0.838. The summed E-state index contributed by atoms with van der Waals surface area (Å²) in [6.45, 7) is 1.87. The van der Waals surface area contributed by atoms with E-state index in [1.807, 2.05) is 0 Å². The van der Waals surface area contributed by atoms with Gasteiger partial charge in [0, 0.05) is 30.7 Å². The summed E-state index contributed by atoms with van der Waals surface area (Å²) in [5.74, 6) is 0.671. The van der Waals surface area contributed by atoms with E-state index in [0.29, 0.717) is 23.6 Å². The lowest BCUT2D eigenvalue weighted by Crippen LogP contribution is -2.31. The molecule has 2 aromatic rings. The molecule has 0 atom stereocenters. The molecule has 0 aliphatic heterocycles. The molecule has 6 heteroatoms. The van der Waals surface area contributed by atoms with E-state index in [1.54, 1.807) is 43.7 Å². The molecule has 2 N–H and O–H groups in total. The number of H-pyrrole nitrogens is 1. The van der Waals surface area contributed by atoms with E-state index >= 15 is 0 Å². The molecule has 0 radical (unpaired) electrons. The van der Waals surface area contributed by atoms with Crippen LogP contribution in [0.2, 0.25) is 0 Å². The molecule has 1 heterocycles. The molecule has 0 unspecified atom stereocenters. The van der Waals surface area contributed by atoms with E-state index in [2.05, 4.69) is 15.3 Å². The van der Waals surface area contributed by atoms with E-state index in [1.165, 1.54) is 11.8 Å². The Morgan fingerprint density at radius 2 is 2.20 bits per heavy atom. The molecule has 6 nitrogen and oxygen atoms in total. The number of carbonyl (C=O) groups excluding carboxylic acids is 2. The zero-order valence-electron chi connectivity index (χ0n) is 11.4. The molecule has 0 aliphatic carbocycles. The number of anilines is 1. The number of amides is 2. The van der Waals surface area contributed by atoms with Crippen LogP contribution in [0.1, 0.15) is 23.1 Å². The van der Waals surface area contributed by atoms with Crippen LogP contribution in [0.15, 0.2) is 36.7 Å². The Morgan fingerprint density at radius 1 is 1.40 bits per heavy atom. The first kappa shape index (κ1) is 13.8. The Labute approximate surface area is 116 Å². The van der Waals surface area contributed by atoms with Gasteiger partial charge in [-0.25, -0.2) is 9.78 Å². The molecule has 0 spiro atoms. The molecular weight excluding hydrogens is 256 g/mol. The summed E-state index contributed by atoms with van der Waals surface area (Å²) < 4.78 is 0. The molecular formula is C14H16N4O2. The van der Waals surface area contributed by atoms with Gasteiger partial charge in [-0.1, -0.05) is 12.1 Å². The summed E-state index contributed by atoms with van der Waals surface area (Å²) in [6, 6.07) is 6.58. The second kappa shape index (κ2) is 6.01. The maximum Gasteiger partial charge on any atom is 0.321 e.